The first-order valence-corrected chi connectivity index (χ1v) is 9.69. The van der Waals surface area contributed by atoms with E-state index in [9.17, 15) is 14.4 Å². The van der Waals surface area contributed by atoms with Crippen molar-refractivity contribution in [2.45, 2.75) is 6.92 Å². The number of Topliss-reactive ketones (excluding diaryl/α,β-unsaturated/α-hetero) is 2. The van der Waals surface area contributed by atoms with Crippen LogP contribution in [0.1, 0.15) is 33.2 Å². The molecule has 0 bridgehead atoms. The summed E-state index contributed by atoms with van der Waals surface area (Å²) < 4.78 is 5.38. The Morgan fingerprint density at radius 3 is 2.33 bits per heavy atom. The van der Waals surface area contributed by atoms with E-state index in [1.54, 1.807) is 67.6 Å². The van der Waals surface area contributed by atoms with Crippen LogP contribution in [0, 0.1) is 11.8 Å². The second-order valence-electron chi connectivity index (χ2n) is 7.46. The predicted octanol–water partition coefficient (Wildman–Crippen LogP) is 4.67. The Hall–Kier alpha value is -3.86. The van der Waals surface area contributed by atoms with Gasteiger partial charge in [0.05, 0.1) is 28.8 Å². The van der Waals surface area contributed by atoms with E-state index in [1.807, 2.05) is 12.1 Å². The normalized spacial score (nSPS) is 20.4. The van der Waals surface area contributed by atoms with Crippen molar-refractivity contribution < 1.29 is 14.0 Å². The Labute approximate surface area is 172 Å². The van der Waals surface area contributed by atoms with E-state index >= 15 is 0 Å². The third kappa shape index (κ3) is 2.87. The fourth-order valence-electron chi connectivity index (χ4n) is 4.06. The number of ketones is 2. The molecule has 5 rings (SSSR count). The monoisotopic (exact) mass is 395 g/mol. The third-order valence-electron chi connectivity index (χ3n) is 5.60. The summed E-state index contributed by atoms with van der Waals surface area (Å²) in [5, 5.41) is 0.802. The van der Waals surface area contributed by atoms with Gasteiger partial charge in [-0.3, -0.25) is 14.6 Å². The zero-order valence-electron chi connectivity index (χ0n) is 16.2. The molecular weight excluding hydrogens is 378 g/mol. The second-order valence-corrected chi connectivity index (χ2v) is 7.46. The van der Waals surface area contributed by atoms with Crippen molar-refractivity contribution in [1.29, 1.82) is 0 Å². The number of carbonyl (C=O) groups is 2. The number of carbonyl (C=O) groups excluding carboxylic acids is 2. The number of rotatable bonds is 2. The quantitative estimate of drug-likeness (QED) is 0.467. The number of para-hydroxylation sites is 1. The van der Waals surface area contributed by atoms with E-state index in [2.05, 4.69) is 4.99 Å². The molecule has 0 saturated heterocycles. The Bertz CT molecular complexity index is 1370. The van der Waals surface area contributed by atoms with Crippen molar-refractivity contribution in [3.63, 3.8) is 0 Å². The molecule has 2 aliphatic carbocycles. The summed E-state index contributed by atoms with van der Waals surface area (Å²) in [6, 6.07) is 14.0. The highest BCUT2D eigenvalue weighted by molar-refractivity contribution is 6.18. The van der Waals surface area contributed by atoms with Crippen LogP contribution in [0.4, 0.5) is 5.69 Å². The molecule has 1 heterocycles. The Balaban J connectivity index is 1.57. The van der Waals surface area contributed by atoms with Gasteiger partial charge in [-0.15, -0.1) is 0 Å². The van der Waals surface area contributed by atoms with Gasteiger partial charge >= 0.3 is 5.63 Å². The molecule has 3 aromatic rings. The average Bonchev–Trinajstić information content (AvgIpc) is 2.77. The maximum Gasteiger partial charge on any atom is 0.345 e. The first kappa shape index (κ1) is 18.2. The van der Waals surface area contributed by atoms with Crippen LogP contribution in [0.25, 0.3) is 11.0 Å². The molecule has 0 fully saturated rings. The molecule has 5 nitrogen and oxygen atoms in total. The van der Waals surface area contributed by atoms with Crippen molar-refractivity contribution in [3.05, 3.63) is 99.9 Å². The van der Waals surface area contributed by atoms with E-state index in [1.165, 1.54) is 0 Å². The fraction of sp³-hybridized carbons (Fsp3) is 0.120. The molecular formula is C25H17NO4. The highest BCUT2D eigenvalue weighted by Gasteiger charge is 2.39. The van der Waals surface area contributed by atoms with Crippen LogP contribution >= 0.6 is 0 Å². The first-order chi connectivity index (χ1) is 14.5. The van der Waals surface area contributed by atoms with Gasteiger partial charge < -0.3 is 4.42 Å². The van der Waals surface area contributed by atoms with Gasteiger partial charge in [-0.1, -0.05) is 42.5 Å². The van der Waals surface area contributed by atoms with Crippen molar-refractivity contribution >= 4 is 33.9 Å². The van der Waals surface area contributed by atoms with Gasteiger partial charge in [-0.05, 0) is 37.3 Å². The molecule has 0 spiro atoms. The summed E-state index contributed by atoms with van der Waals surface area (Å²) in [7, 11) is 0. The number of allylic oxidation sites excluding steroid dienone is 4. The molecule has 0 N–H and O–H groups in total. The smallest absolute Gasteiger partial charge is 0.345 e. The molecule has 5 heteroatoms. The third-order valence-corrected chi connectivity index (χ3v) is 5.60. The lowest BCUT2D eigenvalue weighted by molar-refractivity contribution is 0.0801. The lowest BCUT2D eigenvalue weighted by Gasteiger charge is -2.28. The first-order valence-electron chi connectivity index (χ1n) is 9.69. The Morgan fingerprint density at radius 2 is 1.57 bits per heavy atom. The maximum atomic E-state index is 13.0. The lowest BCUT2D eigenvalue weighted by atomic mass is 9.72. The molecule has 2 aromatic carbocycles. The summed E-state index contributed by atoms with van der Waals surface area (Å²) in [6.45, 7) is 1.72. The van der Waals surface area contributed by atoms with E-state index in [0.717, 1.165) is 5.39 Å². The average molecular weight is 395 g/mol. The van der Waals surface area contributed by atoms with Crippen LogP contribution in [0.5, 0.6) is 0 Å². The van der Waals surface area contributed by atoms with E-state index < -0.39 is 17.5 Å². The topological polar surface area (TPSA) is 76.7 Å². The van der Waals surface area contributed by atoms with Crippen molar-refractivity contribution in [2.24, 2.45) is 16.8 Å². The van der Waals surface area contributed by atoms with Crippen molar-refractivity contribution in [1.82, 2.24) is 0 Å². The zero-order chi connectivity index (χ0) is 20.8. The molecule has 1 aromatic heterocycles. The summed E-state index contributed by atoms with van der Waals surface area (Å²) in [6.07, 6.45) is 7.15. The zero-order valence-corrected chi connectivity index (χ0v) is 16.2. The van der Waals surface area contributed by atoms with Crippen LogP contribution < -0.4 is 5.63 Å². The largest absolute Gasteiger partial charge is 0.422 e. The van der Waals surface area contributed by atoms with Gasteiger partial charge in [0.1, 0.15) is 5.58 Å². The Kier molecular flexibility index (Phi) is 4.17. The molecule has 146 valence electrons. The van der Waals surface area contributed by atoms with Gasteiger partial charge in [0.15, 0.2) is 11.6 Å². The molecule has 30 heavy (non-hydrogen) atoms. The maximum absolute atomic E-state index is 13.0. The molecule has 0 saturated carbocycles. The lowest BCUT2D eigenvalue weighted by Crippen LogP contribution is -2.35. The molecule has 2 atom stereocenters. The van der Waals surface area contributed by atoms with Gasteiger partial charge in [0.25, 0.3) is 0 Å². The van der Waals surface area contributed by atoms with Gasteiger partial charge in [-0.2, -0.15) is 0 Å². The van der Waals surface area contributed by atoms with Crippen LogP contribution in [0.3, 0.4) is 0 Å². The van der Waals surface area contributed by atoms with Crippen LogP contribution in [-0.2, 0) is 0 Å². The minimum atomic E-state index is -0.471. The molecule has 0 unspecified atom stereocenters. The second kappa shape index (κ2) is 6.88. The van der Waals surface area contributed by atoms with Gasteiger partial charge in [0.2, 0.25) is 0 Å². The minimum absolute atomic E-state index is 0.0578. The van der Waals surface area contributed by atoms with Crippen LogP contribution in [0.2, 0.25) is 0 Å². The summed E-state index contributed by atoms with van der Waals surface area (Å²) >= 11 is 0. The van der Waals surface area contributed by atoms with Crippen molar-refractivity contribution in [3.8, 4) is 0 Å². The van der Waals surface area contributed by atoms with Gasteiger partial charge in [0, 0.05) is 16.5 Å². The molecule has 0 aliphatic heterocycles. The van der Waals surface area contributed by atoms with E-state index in [0.29, 0.717) is 33.7 Å². The van der Waals surface area contributed by atoms with Crippen molar-refractivity contribution in [2.75, 3.05) is 0 Å². The number of hydrogen-bond acceptors (Lipinski definition) is 5. The van der Waals surface area contributed by atoms with E-state index in [-0.39, 0.29) is 11.6 Å². The summed E-state index contributed by atoms with van der Waals surface area (Å²) in [4.78, 5) is 42.7. The Morgan fingerprint density at radius 1 is 0.867 bits per heavy atom. The van der Waals surface area contributed by atoms with Crippen LogP contribution in [0.15, 0.2) is 87.0 Å². The standard InChI is InChI=1S/C25H17NO4/c1-14(20-12-15-6-2-5-9-22(15)30-25(20)29)26-16-10-11-19-21(13-16)24(28)18-8-4-3-7-17(18)23(19)27/h2-13,17-18H,1H3/t17-,18+/m1/s1. The molecule has 0 radical (unpaired) electrons. The molecule has 2 aliphatic rings. The number of hydrogen-bond donors (Lipinski definition) is 0. The predicted molar refractivity (Wildman–Crippen MR) is 115 cm³/mol. The molecule has 0 amide bonds. The highest BCUT2D eigenvalue weighted by atomic mass is 16.4. The highest BCUT2D eigenvalue weighted by Crippen LogP contribution is 2.35. The number of aliphatic imine (C=N–C) groups is 1. The minimum Gasteiger partial charge on any atom is -0.422 e. The summed E-state index contributed by atoms with van der Waals surface area (Å²) in [5.74, 6) is -1.05. The SMILES string of the molecule is CC(=Nc1ccc2c(c1)C(=O)[C@H]1C=CC=C[C@H]1C2=O)c1cc2ccccc2oc1=O. The number of nitrogens with zero attached hydrogens (tertiary/aromatic N) is 1. The number of benzene rings is 2. The van der Waals surface area contributed by atoms with Gasteiger partial charge in [-0.25, -0.2) is 4.79 Å². The van der Waals surface area contributed by atoms with E-state index in [4.69, 9.17) is 4.42 Å². The fourth-order valence-corrected chi connectivity index (χ4v) is 4.06. The summed E-state index contributed by atoms with van der Waals surface area (Å²) in [5.41, 5.74) is 2.18. The van der Waals surface area contributed by atoms with Crippen LogP contribution in [-0.4, -0.2) is 17.3 Å². The number of fused-ring (bicyclic) bond motifs is 3.